The average Bonchev–Trinajstić information content (AvgIpc) is 2.34. The number of ether oxygens (including phenoxy) is 1. The maximum absolute atomic E-state index is 6.24. The van der Waals surface area contributed by atoms with Crippen molar-refractivity contribution in [1.29, 1.82) is 0 Å². The zero-order valence-corrected chi connectivity index (χ0v) is 11.1. The molecule has 94 valence electrons. The minimum absolute atomic E-state index is 0.206. The van der Waals surface area contributed by atoms with Crippen molar-refractivity contribution in [2.45, 2.75) is 19.3 Å². The molecule has 1 heterocycles. The molecule has 17 heavy (non-hydrogen) atoms. The molecule has 1 unspecified atom stereocenters. The smallest absolute Gasteiger partial charge is 0.0537 e. The third kappa shape index (κ3) is 3.21. The van der Waals surface area contributed by atoms with Crippen molar-refractivity contribution in [3.63, 3.8) is 0 Å². The molecule has 2 rings (SSSR count). The van der Waals surface area contributed by atoms with Crippen LogP contribution in [0.5, 0.6) is 0 Å². The Bertz CT molecular complexity index is 355. The fraction of sp³-hybridized carbons (Fsp3) is 0.571. The summed E-state index contributed by atoms with van der Waals surface area (Å²) in [5.41, 5.74) is 1.44. The van der Waals surface area contributed by atoms with Crippen LogP contribution in [0, 0.1) is 5.41 Å². The number of benzene rings is 1. The molecule has 1 aliphatic rings. The van der Waals surface area contributed by atoms with E-state index >= 15 is 0 Å². The van der Waals surface area contributed by atoms with Crippen molar-refractivity contribution in [3.05, 3.63) is 34.9 Å². The van der Waals surface area contributed by atoms with Gasteiger partial charge in [0, 0.05) is 23.6 Å². The molecule has 0 amide bonds. The second-order valence-corrected chi connectivity index (χ2v) is 5.36. The lowest BCUT2D eigenvalue weighted by molar-refractivity contribution is -0.00622. The average molecular weight is 254 g/mol. The second kappa shape index (κ2) is 5.85. The largest absolute Gasteiger partial charge is 0.381 e. The first-order valence-electron chi connectivity index (χ1n) is 6.22. The maximum Gasteiger partial charge on any atom is 0.0537 e. The summed E-state index contributed by atoms with van der Waals surface area (Å²) in [6, 6.07) is 8.12. The van der Waals surface area contributed by atoms with Crippen LogP contribution < -0.4 is 5.32 Å². The minimum atomic E-state index is 0.206. The van der Waals surface area contributed by atoms with Crippen LogP contribution in [0.3, 0.4) is 0 Å². The molecule has 1 atom stereocenters. The molecule has 1 aliphatic heterocycles. The predicted octanol–water partition coefficient (Wildman–Crippen LogP) is 2.90. The first kappa shape index (κ1) is 12.9. The van der Waals surface area contributed by atoms with Crippen molar-refractivity contribution in [1.82, 2.24) is 5.32 Å². The number of hydrogen-bond donors (Lipinski definition) is 1. The summed E-state index contributed by atoms with van der Waals surface area (Å²) in [7, 11) is 2.00. The maximum atomic E-state index is 6.24. The Labute approximate surface area is 108 Å². The van der Waals surface area contributed by atoms with Crippen molar-refractivity contribution in [2.75, 3.05) is 26.8 Å². The summed E-state index contributed by atoms with van der Waals surface area (Å²) in [6.07, 6.45) is 3.35. The third-order valence-electron chi connectivity index (χ3n) is 3.48. The number of nitrogens with one attached hydrogen (secondary N) is 1. The molecular weight excluding hydrogens is 234 g/mol. The number of rotatable bonds is 4. The lowest BCUT2D eigenvalue weighted by Crippen LogP contribution is -2.41. The van der Waals surface area contributed by atoms with Crippen LogP contribution in [0.25, 0.3) is 0 Å². The van der Waals surface area contributed by atoms with Crippen molar-refractivity contribution in [3.8, 4) is 0 Å². The van der Waals surface area contributed by atoms with E-state index in [1.54, 1.807) is 0 Å². The molecule has 1 aromatic rings. The van der Waals surface area contributed by atoms with E-state index in [1.165, 1.54) is 12.0 Å². The Morgan fingerprint density at radius 2 is 2.24 bits per heavy atom. The molecular formula is C14H20ClNO. The van der Waals surface area contributed by atoms with Gasteiger partial charge >= 0.3 is 0 Å². The van der Waals surface area contributed by atoms with Crippen LogP contribution in [-0.2, 0) is 11.2 Å². The Balaban J connectivity index is 2.14. The zero-order valence-electron chi connectivity index (χ0n) is 10.3. The predicted molar refractivity (Wildman–Crippen MR) is 71.6 cm³/mol. The van der Waals surface area contributed by atoms with Crippen LogP contribution in [-0.4, -0.2) is 26.8 Å². The van der Waals surface area contributed by atoms with Crippen LogP contribution in [0.2, 0.25) is 5.02 Å². The molecule has 0 radical (unpaired) electrons. The highest BCUT2D eigenvalue weighted by atomic mass is 35.5. The topological polar surface area (TPSA) is 21.3 Å². The summed E-state index contributed by atoms with van der Waals surface area (Å²) < 4.78 is 5.67. The van der Waals surface area contributed by atoms with Crippen LogP contribution in [0.1, 0.15) is 18.4 Å². The summed E-state index contributed by atoms with van der Waals surface area (Å²) in [6.45, 7) is 2.71. The highest BCUT2D eigenvalue weighted by molar-refractivity contribution is 6.31. The SMILES string of the molecule is CNCC1(Cc2ccccc2Cl)CCCOC1. The molecule has 3 heteroatoms. The monoisotopic (exact) mass is 253 g/mol. The van der Waals surface area contributed by atoms with Crippen LogP contribution >= 0.6 is 11.6 Å². The van der Waals surface area contributed by atoms with E-state index in [0.29, 0.717) is 0 Å². The molecule has 0 saturated carbocycles. The fourth-order valence-corrected chi connectivity index (χ4v) is 2.87. The van der Waals surface area contributed by atoms with Gasteiger partial charge in [-0.05, 0) is 37.9 Å². The normalized spacial score (nSPS) is 24.8. The van der Waals surface area contributed by atoms with E-state index in [0.717, 1.165) is 37.6 Å². The Kier molecular flexibility index (Phi) is 4.43. The quantitative estimate of drug-likeness (QED) is 0.891. The zero-order chi connectivity index (χ0) is 12.1. The second-order valence-electron chi connectivity index (χ2n) is 4.95. The highest BCUT2D eigenvalue weighted by Crippen LogP contribution is 2.33. The van der Waals surface area contributed by atoms with Gasteiger partial charge in [0.1, 0.15) is 0 Å². The minimum Gasteiger partial charge on any atom is -0.381 e. The first-order chi connectivity index (χ1) is 8.26. The standard InChI is InChI=1S/C14H20ClNO/c1-16-10-14(7-4-8-17-11-14)9-12-5-2-3-6-13(12)15/h2-3,5-6,16H,4,7-11H2,1H3. The Hall–Kier alpha value is -0.570. The third-order valence-corrected chi connectivity index (χ3v) is 3.85. The molecule has 0 aromatic heterocycles. The van der Waals surface area contributed by atoms with Gasteiger partial charge in [-0.2, -0.15) is 0 Å². The van der Waals surface area contributed by atoms with Crippen molar-refractivity contribution in [2.24, 2.45) is 5.41 Å². The molecule has 1 saturated heterocycles. The summed E-state index contributed by atoms with van der Waals surface area (Å²) >= 11 is 6.24. The Morgan fingerprint density at radius 1 is 1.41 bits per heavy atom. The van der Waals surface area contributed by atoms with Crippen molar-refractivity contribution < 1.29 is 4.74 Å². The van der Waals surface area contributed by atoms with E-state index in [9.17, 15) is 0 Å². The Morgan fingerprint density at radius 3 is 2.88 bits per heavy atom. The van der Waals surface area contributed by atoms with Gasteiger partial charge in [0.2, 0.25) is 0 Å². The molecule has 1 fully saturated rings. The molecule has 0 aliphatic carbocycles. The summed E-state index contributed by atoms with van der Waals surface area (Å²) in [4.78, 5) is 0. The fourth-order valence-electron chi connectivity index (χ4n) is 2.67. The van der Waals surface area contributed by atoms with Gasteiger partial charge in [-0.15, -0.1) is 0 Å². The van der Waals surface area contributed by atoms with E-state index in [4.69, 9.17) is 16.3 Å². The molecule has 0 bridgehead atoms. The van der Waals surface area contributed by atoms with Gasteiger partial charge < -0.3 is 10.1 Å². The van der Waals surface area contributed by atoms with E-state index in [1.807, 2.05) is 19.2 Å². The van der Waals surface area contributed by atoms with Crippen LogP contribution in [0.4, 0.5) is 0 Å². The molecule has 1 N–H and O–H groups in total. The highest BCUT2D eigenvalue weighted by Gasteiger charge is 2.32. The van der Waals surface area contributed by atoms with Gasteiger partial charge in [-0.25, -0.2) is 0 Å². The molecule has 2 nitrogen and oxygen atoms in total. The van der Waals surface area contributed by atoms with E-state index < -0.39 is 0 Å². The van der Waals surface area contributed by atoms with E-state index in [2.05, 4.69) is 17.4 Å². The van der Waals surface area contributed by atoms with Gasteiger partial charge in [0.25, 0.3) is 0 Å². The molecule has 1 aromatic carbocycles. The number of hydrogen-bond acceptors (Lipinski definition) is 2. The van der Waals surface area contributed by atoms with Gasteiger partial charge in [0.15, 0.2) is 0 Å². The van der Waals surface area contributed by atoms with Crippen molar-refractivity contribution >= 4 is 11.6 Å². The molecule has 0 spiro atoms. The van der Waals surface area contributed by atoms with E-state index in [-0.39, 0.29) is 5.41 Å². The van der Waals surface area contributed by atoms with Gasteiger partial charge in [-0.1, -0.05) is 29.8 Å². The van der Waals surface area contributed by atoms with Gasteiger partial charge in [0.05, 0.1) is 6.61 Å². The summed E-state index contributed by atoms with van der Waals surface area (Å²) in [5, 5.41) is 4.16. The van der Waals surface area contributed by atoms with Gasteiger partial charge in [-0.3, -0.25) is 0 Å². The van der Waals surface area contributed by atoms with Crippen LogP contribution in [0.15, 0.2) is 24.3 Å². The first-order valence-corrected chi connectivity index (χ1v) is 6.59. The number of halogens is 1. The lowest BCUT2D eigenvalue weighted by atomic mass is 9.77. The summed E-state index contributed by atoms with van der Waals surface area (Å²) in [5.74, 6) is 0. The lowest BCUT2D eigenvalue weighted by Gasteiger charge is -2.37.